The third-order valence-corrected chi connectivity index (χ3v) is 4.22. The molecule has 35 heavy (non-hydrogen) atoms. The smallest absolute Gasteiger partial charge is 0.330 e. The van der Waals surface area contributed by atoms with E-state index in [9.17, 15) is 4.79 Å². The molecule has 0 saturated carbocycles. The Labute approximate surface area is 215 Å². The molecule has 0 spiro atoms. The topological polar surface area (TPSA) is 55.8 Å². The van der Waals surface area contributed by atoms with Crippen molar-refractivity contribution in [2.24, 2.45) is 0 Å². The maximum absolute atomic E-state index is 10.6. The summed E-state index contributed by atoms with van der Waals surface area (Å²) in [4.78, 5) is 10.6. The van der Waals surface area contributed by atoms with Gasteiger partial charge in [0, 0.05) is 6.08 Å². The van der Waals surface area contributed by atoms with Gasteiger partial charge in [-0.1, -0.05) is 87.4 Å². The van der Waals surface area contributed by atoms with E-state index >= 15 is 0 Å². The quantitative estimate of drug-likeness (QED) is 0.167. The number of benzene rings is 2. The molecule has 0 heterocycles. The lowest BCUT2D eigenvalue weighted by molar-refractivity contribution is -0.137. The minimum Gasteiger partial charge on any atom is -0.497 e. The molecule has 0 aliphatic heterocycles. The van der Waals surface area contributed by atoms with Gasteiger partial charge in [0.05, 0.1) is 20.3 Å². The van der Waals surface area contributed by atoms with Crippen molar-refractivity contribution in [3.8, 4) is 5.75 Å². The molecule has 0 atom stereocenters. The first kappa shape index (κ1) is 36.7. The SMILES string of the molecule is C=CC(=O)OCCCCCC(=C)C.CC.CC.COc1ccc(C)cc1.Cc1ccc(CO)cc1. The lowest BCUT2D eigenvalue weighted by Crippen LogP contribution is -2.01. The maximum Gasteiger partial charge on any atom is 0.330 e. The average molecular weight is 487 g/mol. The Morgan fingerprint density at radius 1 is 0.886 bits per heavy atom. The second-order valence-corrected chi connectivity index (χ2v) is 7.30. The minimum atomic E-state index is -0.333. The van der Waals surface area contributed by atoms with Crippen LogP contribution in [0.3, 0.4) is 0 Å². The molecule has 0 aliphatic rings. The number of aliphatic hydroxyl groups is 1. The second kappa shape index (κ2) is 27.4. The van der Waals surface area contributed by atoms with Crippen LogP contribution in [0.15, 0.2) is 73.3 Å². The van der Waals surface area contributed by atoms with Gasteiger partial charge in [-0.05, 0) is 64.2 Å². The van der Waals surface area contributed by atoms with Crippen LogP contribution in [0.25, 0.3) is 0 Å². The van der Waals surface area contributed by atoms with Gasteiger partial charge in [0.2, 0.25) is 0 Å². The first-order valence-electron chi connectivity index (χ1n) is 12.5. The molecule has 0 radical (unpaired) electrons. The molecule has 0 unspecified atom stereocenters. The van der Waals surface area contributed by atoms with E-state index in [1.165, 1.54) is 22.8 Å². The molecule has 0 fully saturated rings. The van der Waals surface area contributed by atoms with E-state index in [0.717, 1.165) is 37.0 Å². The lowest BCUT2D eigenvalue weighted by atomic mass is 10.1. The molecule has 2 rings (SSSR count). The number of esters is 1. The van der Waals surface area contributed by atoms with Crippen molar-refractivity contribution in [2.75, 3.05) is 13.7 Å². The number of hydrogen-bond donors (Lipinski definition) is 1. The van der Waals surface area contributed by atoms with Crippen molar-refractivity contribution in [3.05, 3.63) is 90.0 Å². The average Bonchev–Trinajstić information content (AvgIpc) is 2.90. The largest absolute Gasteiger partial charge is 0.497 e. The van der Waals surface area contributed by atoms with Gasteiger partial charge in [-0.25, -0.2) is 4.79 Å². The predicted octanol–water partition coefficient (Wildman–Crippen LogP) is 8.40. The fourth-order valence-corrected chi connectivity index (χ4v) is 2.31. The van der Waals surface area contributed by atoms with Crippen LogP contribution in [0.1, 0.15) is 77.0 Å². The summed E-state index contributed by atoms with van der Waals surface area (Å²) < 4.78 is 9.79. The van der Waals surface area contributed by atoms with Crippen LogP contribution in [0.5, 0.6) is 5.75 Å². The summed E-state index contributed by atoms with van der Waals surface area (Å²) in [6.07, 6.45) is 5.38. The minimum absolute atomic E-state index is 0.139. The Kier molecular flexibility index (Phi) is 28.7. The fourth-order valence-electron chi connectivity index (χ4n) is 2.31. The number of aryl methyl sites for hydroxylation is 2. The first-order valence-corrected chi connectivity index (χ1v) is 12.5. The maximum atomic E-state index is 10.6. The summed E-state index contributed by atoms with van der Waals surface area (Å²) in [6.45, 7) is 21.9. The van der Waals surface area contributed by atoms with Crippen molar-refractivity contribution in [3.63, 3.8) is 0 Å². The van der Waals surface area contributed by atoms with Crippen LogP contribution in [-0.4, -0.2) is 24.8 Å². The van der Waals surface area contributed by atoms with Crippen LogP contribution >= 0.6 is 0 Å². The highest BCUT2D eigenvalue weighted by Gasteiger charge is 1.95. The van der Waals surface area contributed by atoms with Crippen molar-refractivity contribution in [2.45, 2.75) is 80.8 Å². The number of ether oxygens (including phenoxy) is 2. The van der Waals surface area contributed by atoms with Gasteiger partial charge >= 0.3 is 5.97 Å². The van der Waals surface area contributed by atoms with Crippen LogP contribution < -0.4 is 4.74 Å². The van der Waals surface area contributed by atoms with E-state index in [-0.39, 0.29) is 12.6 Å². The Bertz CT molecular complexity index is 701. The number of hydrogen-bond acceptors (Lipinski definition) is 4. The van der Waals surface area contributed by atoms with Crippen molar-refractivity contribution in [1.29, 1.82) is 0 Å². The fraction of sp³-hybridized carbons (Fsp3) is 0.452. The number of carbonyl (C=O) groups excluding carboxylic acids is 1. The zero-order chi connectivity index (χ0) is 27.5. The van der Waals surface area contributed by atoms with E-state index in [4.69, 9.17) is 14.6 Å². The molecular formula is C31H50O4. The third kappa shape index (κ3) is 25.6. The standard InChI is InChI=1S/C11H18O2.2C8H10O.2C2H6/c1-4-11(12)13-9-7-5-6-8-10(2)3;1-7-3-5-8(9-2)6-4-7;1-7-2-4-8(6-9)5-3-7;2*1-2/h4H,1-2,5-9H2,3H3;3-6H,1-2H3;2-5,9H,6H2,1H3;2*1-2H3. The van der Waals surface area contributed by atoms with Gasteiger partial charge in [0.25, 0.3) is 0 Å². The van der Waals surface area contributed by atoms with Crippen LogP contribution in [-0.2, 0) is 16.1 Å². The number of rotatable bonds is 9. The third-order valence-electron chi connectivity index (χ3n) is 4.22. The molecular weight excluding hydrogens is 436 g/mol. The van der Waals surface area contributed by atoms with Gasteiger partial charge < -0.3 is 14.6 Å². The Morgan fingerprint density at radius 3 is 1.77 bits per heavy atom. The normalized spacial score (nSPS) is 8.60. The number of unbranched alkanes of at least 4 members (excludes halogenated alkanes) is 2. The van der Waals surface area contributed by atoms with Crippen LogP contribution in [0.2, 0.25) is 0 Å². The van der Waals surface area contributed by atoms with E-state index in [0.29, 0.717) is 6.61 Å². The zero-order valence-electron chi connectivity index (χ0n) is 23.5. The summed E-state index contributed by atoms with van der Waals surface area (Å²) in [5.74, 6) is 0.584. The second-order valence-electron chi connectivity index (χ2n) is 7.30. The summed E-state index contributed by atoms with van der Waals surface area (Å²) in [5.41, 5.74) is 4.67. The monoisotopic (exact) mass is 486 g/mol. The molecule has 4 nitrogen and oxygen atoms in total. The van der Waals surface area contributed by atoms with Gasteiger partial charge in [-0.15, -0.1) is 6.58 Å². The number of allylic oxidation sites excluding steroid dienone is 1. The molecule has 4 heteroatoms. The summed E-state index contributed by atoms with van der Waals surface area (Å²) in [7, 11) is 1.67. The number of aliphatic hydroxyl groups excluding tert-OH is 1. The Hall–Kier alpha value is -2.85. The van der Waals surface area contributed by atoms with Gasteiger partial charge in [-0.3, -0.25) is 0 Å². The molecule has 2 aromatic rings. The van der Waals surface area contributed by atoms with Crippen LogP contribution in [0.4, 0.5) is 0 Å². The molecule has 198 valence electrons. The number of methoxy groups -OCH3 is 1. The van der Waals surface area contributed by atoms with E-state index in [1.807, 2.05) is 90.1 Å². The zero-order valence-corrected chi connectivity index (χ0v) is 23.5. The molecule has 2 aromatic carbocycles. The summed E-state index contributed by atoms with van der Waals surface area (Å²) in [5, 5.41) is 8.63. The number of carbonyl (C=O) groups is 1. The first-order chi connectivity index (χ1) is 16.8. The van der Waals surface area contributed by atoms with E-state index in [2.05, 4.69) is 20.1 Å². The van der Waals surface area contributed by atoms with Gasteiger partial charge in [0.15, 0.2) is 0 Å². The molecule has 0 aliphatic carbocycles. The molecule has 1 N–H and O–H groups in total. The predicted molar refractivity (Wildman–Crippen MR) is 152 cm³/mol. The summed E-state index contributed by atoms with van der Waals surface area (Å²) in [6, 6.07) is 15.8. The molecule has 0 saturated heterocycles. The molecule has 0 aromatic heterocycles. The van der Waals surface area contributed by atoms with Crippen molar-refractivity contribution >= 4 is 5.97 Å². The Morgan fingerprint density at radius 2 is 1.37 bits per heavy atom. The lowest BCUT2D eigenvalue weighted by Gasteiger charge is -2.01. The van der Waals surface area contributed by atoms with Gasteiger partial charge in [0.1, 0.15) is 5.75 Å². The van der Waals surface area contributed by atoms with Gasteiger partial charge in [-0.2, -0.15) is 0 Å². The highest BCUT2D eigenvalue weighted by Crippen LogP contribution is 2.09. The summed E-state index contributed by atoms with van der Waals surface area (Å²) >= 11 is 0. The highest BCUT2D eigenvalue weighted by atomic mass is 16.5. The van der Waals surface area contributed by atoms with Crippen molar-refractivity contribution in [1.82, 2.24) is 0 Å². The molecule has 0 amide bonds. The Balaban J connectivity index is -0.000000415. The van der Waals surface area contributed by atoms with Crippen LogP contribution in [0, 0.1) is 13.8 Å². The van der Waals surface area contributed by atoms with Crippen molar-refractivity contribution < 1.29 is 19.4 Å². The van der Waals surface area contributed by atoms with E-state index < -0.39 is 0 Å². The highest BCUT2D eigenvalue weighted by molar-refractivity contribution is 5.81. The molecule has 0 bridgehead atoms. The van der Waals surface area contributed by atoms with E-state index in [1.54, 1.807) is 7.11 Å².